The van der Waals surface area contributed by atoms with Crippen LogP contribution in [0.3, 0.4) is 0 Å². The van der Waals surface area contributed by atoms with E-state index in [1.54, 1.807) is 17.4 Å². The molecule has 0 aliphatic heterocycles. The normalized spacial score (nSPS) is 14.4. The van der Waals surface area contributed by atoms with Crippen molar-refractivity contribution in [2.75, 3.05) is 12.8 Å². The smallest absolute Gasteiger partial charge is 0.233 e. The summed E-state index contributed by atoms with van der Waals surface area (Å²) < 4.78 is 9.62. The molecular weight excluding hydrogens is 448 g/mol. The molecule has 1 aromatic carbocycles. The Labute approximate surface area is 203 Å². The molecule has 1 amide bonds. The Bertz CT molecular complexity index is 1210. The molecule has 0 bridgehead atoms. The van der Waals surface area contributed by atoms with Gasteiger partial charge in [0.2, 0.25) is 11.7 Å². The molecule has 0 unspecified atom stereocenters. The highest BCUT2D eigenvalue weighted by molar-refractivity contribution is 7.99. The highest BCUT2D eigenvalue weighted by Crippen LogP contribution is 2.35. The van der Waals surface area contributed by atoms with Gasteiger partial charge >= 0.3 is 0 Å². The standard InChI is InChI=1S/C25H28N6O2S/c1-29(16-19-15-26-30(17-19)20-9-4-2-5-10-20)23(32)18-34-25-28-27-24(22-13-8-14-33-22)31(25)21-11-6-3-7-12-21/h2,4-5,8-10,13-15,17,21H,3,6-7,11-12,16,18H2,1H3. The highest BCUT2D eigenvalue weighted by atomic mass is 32.2. The highest BCUT2D eigenvalue weighted by Gasteiger charge is 2.25. The van der Waals surface area contributed by atoms with Crippen molar-refractivity contribution >= 4 is 17.7 Å². The molecule has 1 saturated carbocycles. The molecule has 0 radical (unpaired) electrons. The molecule has 3 heterocycles. The van der Waals surface area contributed by atoms with E-state index in [9.17, 15) is 4.79 Å². The minimum Gasteiger partial charge on any atom is -0.461 e. The van der Waals surface area contributed by atoms with Crippen LogP contribution in [0.4, 0.5) is 0 Å². The molecule has 1 fully saturated rings. The van der Waals surface area contributed by atoms with E-state index in [-0.39, 0.29) is 5.91 Å². The van der Waals surface area contributed by atoms with Crippen LogP contribution in [-0.4, -0.2) is 48.2 Å². The van der Waals surface area contributed by atoms with Gasteiger partial charge in [0.15, 0.2) is 10.9 Å². The van der Waals surface area contributed by atoms with Crippen molar-refractivity contribution in [3.63, 3.8) is 0 Å². The molecule has 1 aliphatic carbocycles. The molecular formula is C25H28N6O2S. The van der Waals surface area contributed by atoms with Crippen molar-refractivity contribution in [3.05, 3.63) is 66.7 Å². The fourth-order valence-corrected chi connectivity index (χ4v) is 5.33. The van der Waals surface area contributed by atoms with Gasteiger partial charge < -0.3 is 9.32 Å². The average Bonchev–Trinajstić information content (AvgIpc) is 3.64. The molecule has 4 aromatic rings. The lowest BCUT2D eigenvalue weighted by molar-refractivity contribution is -0.127. The summed E-state index contributed by atoms with van der Waals surface area (Å²) in [6, 6.07) is 14.0. The number of nitrogens with zero attached hydrogens (tertiary/aromatic N) is 6. The zero-order chi connectivity index (χ0) is 23.3. The molecule has 1 aliphatic rings. The van der Waals surface area contributed by atoms with Gasteiger partial charge in [-0.3, -0.25) is 9.36 Å². The van der Waals surface area contributed by atoms with Crippen molar-refractivity contribution in [2.45, 2.75) is 49.8 Å². The van der Waals surface area contributed by atoms with Crippen molar-refractivity contribution in [1.82, 2.24) is 29.4 Å². The van der Waals surface area contributed by atoms with Crippen LogP contribution in [0.5, 0.6) is 0 Å². The Morgan fingerprint density at radius 3 is 2.71 bits per heavy atom. The fraction of sp³-hybridized carbons (Fsp3) is 0.360. The zero-order valence-electron chi connectivity index (χ0n) is 19.2. The number of furan rings is 1. The van der Waals surface area contributed by atoms with E-state index in [1.807, 2.05) is 60.4 Å². The van der Waals surface area contributed by atoms with Gasteiger partial charge in [0.1, 0.15) is 0 Å². The number of thioether (sulfide) groups is 1. The van der Waals surface area contributed by atoms with E-state index < -0.39 is 0 Å². The number of benzene rings is 1. The van der Waals surface area contributed by atoms with Crippen LogP contribution in [0, 0.1) is 0 Å². The fourth-order valence-electron chi connectivity index (χ4n) is 4.38. The zero-order valence-corrected chi connectivity index (χ0v) is 20.0. The Balaban J connectivity index is 1.25. The van der Waals surface area contributed by atoms with Gasteiger partial charge in [-0.25, -0.2) is 4.68 Å². The van der Waals surface area contributed by atoms with Crippen LogP contribution < -0.4 is 0 Å². The minimum atomic E-state index is 0.0372. The SMILES string of the molecule is CN(Cc1cnn(-c2ccccc2)c1)C(=O)CSc1nnc(-c2ccco2)n1C1CCCCC1. The number of rotatable bonds is 8. The summed E-state index contributed by atoms with van der Waals surface area (Å²) in [6.45, 7) is 0.499. The third kappa shape index (κ3) is 4.94. The summed E-state index contributed by atoms with van der Waals surface area (Å²) in [5.74, 6) is 1.79. The van der Waals surface area contributed by atoms with Crippen LogP contribution in [0.15, 0.2) is 70.7 Å². The van der Waals surface area contributed by atoms with Gasteiger partial charge in [-0.2, -0.15) is 5.10 Å². The quantitative estimate of drug-likeness (QED) is 0.334. The maximum atomic E-state index is 12.9. The topological polar surface area (TPSA) is 82.0 Å². The summed E-state index contributed by atoms with van der Waals surface area (Å²) in [6.07, 6.45) is 11.3. The van der Waals surface area contributed by atoms with Crippen molar-refractivity contribution < 1.29 is 9.21 Å². The summed E-state index contributed by atoms with van der Waals surface area (Å²) in [7, 11) is 1.82. The van der Waals surface area contributed by atoms with E-state index in [1.165, 1.54) is 31.0 Å². The monoisotopic (exact) mass is 476 g/mol. The van der Waals surface area contributed by atoms with Crippen LogP contribution in [0.2, 0.25) is 0 Å². The third-order valence-corrected chi connectivity index (χ3v) is 7.10. The summed E-state index contributed by atoms with van der Waals surface area (Å²) >= 11 is 1.44. The predicted molar refractivity (Wildman–Crippen MR) is 131 cm³/mol. The maximum absolute atomic E-state index is 12.9. The number of aromatic nitrogens is 5. The number of carbonyl (C=O) groups is 1. The number of hydrogen-bond acceptors (Lipinski definition) is 6. The molecule has 8 nitrogen and oxygen atoms in total. The van der Waals surface area contributed by atoms with Crippen molar-refractivity contribution in [3.8, 4) is 17.3 Å². The molecule has 34 heavy (non-hydrogen) atoms. The van der Waals surface area contributed by atoms with E-state index in [2.05, 4.69) is 19.9 Å². The largest absolute Gasteiger partial charge is 0.461 e. The third-order valence-electron chi connectivity index (χ3n) is 6.17. The molecule has 0 saturated heterocycles. The van der Waals surface area contributed by atoms with E-state index in [4.69, 9.17) is 4.42 Å². The Morgan fingerprint density at radius 1 is 1.12 bits per heavy atom. The molecule has 9 heteroatoms. The first-order valence-corrected chi connectivity index (χ1v) is 12.6. The van der Waals surface area contributed by atoms with E-state index >= 15 is 0 Å². The van der Waals surface area contributed by atoms with E-state index in [0.29, 0.717) is 24.1 Å². The number of carbonyl (C=O) groups excluding carboxylic acids is 1. The lowest BCUT2D eigenvalue weighted by Gasteiger charge is -2.25. The Hall–Kier alpha value is -3.33. The van der Waals surface area contributed by atoms with Crippen LogP contribution in [-0.2, 0) is 11.3 Å². The lowest BCUT2D eigenvalue weighted by atomic mass is 9.95. The lowest BCUT2D eigenvalue weighted by Crippen LogP contribution is -2.28. The van der Waals surface area contributed by atoms with Gasteiger partial charge in [0.05, 0.1) is 23.9 Å². The number of para-hydroxylation sites is 1. The van der Waals surface area contributed by atoms with Crippen LogP contribution in [0.25, 0.3) is 17.3 Å². The molecule has 5 rings (SSSR count). The van der Waals surface area contributed by atoms with Gasteiger partial charge in [-0.05, 0) is 37.1 Å². The van der Waals surface area contributed by atoms with Crippen molar-refractivity contribution in [1.29, 1.82) is 0 Å². The Kier molecular flexibility index (Phi) is 6.80. The summed E-state index contributed by atoms with van der Waals surface area (Å²) in [5, 5.41) is 14.1. The van der Waals surface area contributed by atoms with Crippen molar-refractivity contribution in [2.24, 2.45) is 0 Å². The van der Waals surface area contributed by atoms with Gasteiger partial charge in [0.25, 0.3) is 0 Å². The molecule has 0 atom stereocenters. The van der Waals surface area contributed by atoms with Crippen LogP contribution in [0.1, 0.15) is 43.7 Å². The molecule has 3 aromatic heterocycles. The van der Waals surface area contributed by atoms with Gasteiger partial charge in [-0.15, -0.1) is 10.2 Å². The predicted octanol–water partition coefficient (Wildman–Crippen LogP) is 4.98. The first-order chi connectivity index (χ1) is 16.7. The summed E-state index contributed by atoms with van der Waals surface area (Å²) in [5.41, 5.74) is 1.97. The van der Waals surface area contributed by atoms with Gasteiger partial charge in [0, 0.05) is 31.4 Å². The molecule has 0 spiro atoms. The second-order valence-electron chi connectivity index (χ2n) is 8.61. The Morgan fingerprint density at radius 2 is 1.94 bits per heavy atom. The summed E-state index contributed by atoms with van der Waals surface area (Å²) in [4.78, 5) is 14.7. The second-order valence-corrected chi connectivity index (χ2v) is 9.55. The first-order valence-electron chi connectivity index (χ1n) is 11.6. The number of amides is 1. The molecule has 0 N–H and O–H groups in total. The average molecular weight is 477 g/mol. The minimum absolute atomic E-state index is 0.0372. The van der Waals surface area contributed by atoms with E-state index in [0.717, 1.165) is 35.1 Å². The number of hydrogen-bond donors (Lipinski definition) is 0. The first kappa shape index (κ1) is 22.5. The maximum Gasteiger partial charge on any atom is 0.233 e. The van der Waals surface area contributed by atoms with Gasteiger partial charge in [-0.1, -0.05) is 49.2 Å². The van der Waals surface area contributed by atoms with Crippen LogP contribution >= 0.6 is 11.8 Å². The molecule has 176 valence electrons. The second kappa shape index (κ2) is 10.3.